The molecule has 0 spiro atoms. The Labute approximate surface area is 136 Å². The SMILES string of the molecule is Cc1coc(-c2cccc(NCc3cn[nH]c3C(C)(C)C)c2)n1. The van der Waals surface area contributed by atoms with Crippen molar-refractivity contribution < 1.29 is 4.42 Å². The first kappa shape index (κ1) is 15.3. The van der Waals surface area contributed by atoms with E-state index in [-0.39, 0.29) is 5.41 Å². The van der Waals surface area contributed by atoms with Crippen LogP contribution in [0.4, 0.5) is 5.69 Å². The number of rotatable bonds is 4. The highest BCUT2D eigenvalue weighted by molar-refractivity contribution is 5.61. The highest BCUT2D eigenvalue weighted by atomic mass is 16.3. The summed E-state index contributed by atoms with van der Waals surface area (Å²) in [5.41, 5.74) is 5.25. The fourth-order valence-electron chi connectivity index (χ4n) is 2.54. The Morgan fingerprint density at radius 3 is 2.78 bits per heavy atom. The minimum atomic E-state index is 0.0466. The number of nitrogens with zero attached hydrogens (tertiary/aromatic N) is 2. The lowest BCUT2D eigenvalue weighted by atomic mass is 9.89. The van der Waals surface area contributed by atoms with Crippen molar-refractivity contribution in [2.45, 2.75) is 39.7 Å². The zero-order chi connectivity index (χ0) is 16.4. The third kappa shape index (κ3) is 3.44. The Morgan fingerprint density at radius 1 is 1.26 bits per heavy atom. The van der Waals surface area contributed by atoms with Gasteiger partial charge in [-0.2, -0.15) is 5.10 Å². The lowest BCUT2D eigenvalue weighted by Crippen LogP contribution is -2.15. The second-order valence-corrected chi connectivity index (χ2v) is 6.75. The van der Waals surface area contributed by atoms with Gasteiger partial charge in [-0.25, -0.2) is 4.98 Å². The standard InChI is InChI=1S/C18H22N4O/c1-12-11-23-17(21-12)13-6-5-7-15(8-13)19-9-14-10-20-22-16(14)18(2,3)4/h5-8,10-11,19H,9H2,1-4H3,(H,20,22). The van der Waals surface area contributed by atoms with Crippen LogP contribution in [0.25, 0.3) is 11.5 Å². The molecule has 2 heterocycles. The van der Waals surface area contributed by atoms with E-state index in [9.17, 15) is 0 Å². The van der Waals surface area contributed by atoms with Gasteiger partial charge in [-0.3, -0.25) is 5.10 Å². The molecular formula is C18H22N4O. The lowest BCUT2D eigenvalue weighted by Gasteiger charge is -2.18. The monoisotopic (exact) mass is 310 g/mol. The summed E-state index contributed by atoms with van der Waals surface area (Å²) >= 11 is 0. The number of hydrogen-bond donors (Lipinski definition) is 2. The second-order valence-electron chi connectivity index (χ2n) is 6.75. The molecule has 120 valence electrons. The number of aromatic nitrogens is 3. The first-order valence-corrected chi connectivity index (χ1v) is 7.72. The summed E-state index contributed by atoms with van der Waals surface area (Å²) < 4.78 is 5.47. The van der Waals surface area contributed by atoms with Gasteiger partial charge in [-0.1, -0.05) is 26.8 Å². The van der Waals surface area contributed by atoms with Crippen LogP contribution in [0.1, 0.15) is 37.7 Å². The van der Waals surface area contributed by atoms with E-state index in [2.05, 4.69) is 41.3 Å². The number of oxazole rings is 1. The first-order chi connectivity index (χ1) is 10.9. The normalized spacial score (nSPS) is 11.7. The molecule has 2 N–H and O–H groups in total. The number of anilines is 1. The fraction of sp³-hybridized carbons (Fsp3) is 0.333. The van der Waals surface area contributed by atoms with Crippen LogP contribution in [0, 0.1) is 6.92 Å². The van der Waals surface area contributed by atoms with Gasteiger partial charge in [0.15, 0.2) is 0 Å². The molecule has 0 bridgehead atoms. The highest BCUT2D eigenvalue weighted by Gasteiger charge is 2.19. The summed E-state index contributed by atoms with van der Waals surface area (Å²) in [6, 6.07) is 8.07. The van der Waals surface area contributed by atoms with E-state index in [1.54, 1.807) is 6.26 Å². The van der Waals surface area contributed by atoms with Crippen molar-refractivity contribution in [3.05, 3.63) is 53.7 Å². The molecule has 0 saturated heterocycles. The molecule has 3 rings (SSSR count). The molecule has 0 aliphatic carbocycles. The number of nitrogens with one attached hydrogen (secondary N) is 2. The van der Waals surface area contributed by atoms with E-state index in [0.29, 0.717) is 5.89 Å². The second kappa shape index (κ2) is 5.91. The largest absolute Gasteiger partial charge is 0.444 e. The van der Waals surface area contributed by atoms with Gasteiger partial charge in [-0.15, -0.1) is 0 Å². The van der Waals surface area contributed by atoms with Gasteiger partial charge in [0.1, 0.15) is 6.26 Å². The molecule has 0 amide bonds. The van der Waals surface area contributed by atoms with Gasteiger partial charge in [-0.05, 0) is 25.1 Å². The molecule has 0 atom stereocenters. The molecule has 0 radical (unpaired) electrons. The average Bonchev–Trinajstić information content (AvgIpc) is 3.13. The van der Waals surface area contributed by atoms with Crippen molar-refractivity contribution in [1.29, 1.82) is 0 Å². The summed E-state index contributed by atoms with van der Waals surface area (Å²) in [5, 5.41) is 10.7. The fourth-order valence-corrected chi connectivity index (χ4v) is 2.54. The van der Waals surface area contributed by atoms with Crippen molar-refractivity contribution in [2.75, 3.05) is 5.32 Å². The molecule has 1 aromatic carbocycles. The Bertz CT molecular complexity index is 795. The Kier molecular flexibility index (Phi) is 3.94. The minimum absolute atomic E-state index is 0.0466. The van der Waals surface area contributed by atoms with E-state index in [4.69, 9.17) is 4.42 Å². The van der Waals surface area contributed by atoms with Crippen LogP contribution in [0.2, 0.25) is 0 Å². The third-order valence-electron chi connectivity index (χ3n) is 3.68. The van der Waals surface area contributed by atoms with E-state index in [0.717, 1.165) is 29.2 Å². The number of benzene rings is 1. The Hall–Kier alpha value is -2.56. The summed E-state index contributed by atoms with van der Waals surface area (Å²) in [4.78, 5) is 4.37. The van der Waals surface area contributed by atoms with E-state index >= 15 is 0 Å². The first-order valence-electron chi connectivity index (χ1n) is 7.72. The van der Waals surface area contributed by atoms with E-state index in [1.807, 2.05) is 37.4 Å². The maximum absolute atomic E-state index is 5.47. The molecule has 23 heavy (non-hydrogen) atoms. The third-order valence-corrected chi connectivity index (χ3v) is 3.68. The zero-order valence-corrected chi connectivity index (χ0v) is 14.0. The van der Waals surface area contributed by atoms with Crippen molar-refractivity contribution in [2.24, 2.45) is 0 Å². The van der Waals surface area contributed by atoms with Crippen LogP contribution < -0.4 is 5.32 Å². The van der Waals surface area contributed by atoms with Crippen molar-refractivity contribution in [3.8, 4) is 11.5 Å². The molecule has 0 fully saturated rings. The lowest BCUT2D eigenvalue weighted by molar-refractivity contribution is 0.561. The number of aromatic amines is 1. The molecule has 5 heteroatoms. The van der Waals surface area contributed by atoms with Gasteiger partial charge < -0.3 is 9.73 Å². The summed E-state index contributed by atoms with van der Waals surface area (Å²) in [6.45, 7) is 9.17. The van der Waals surface area contributed by atoms with Crippen LogP contribution in [0.3, 0.4) is 0 Å². The van der Waals surface area contributed by atoms with Gasteiger partial charge in [0.05, 0.1) is 11.9 Å². The average molecular weight is 310 g/mol. The highest BCUT2D eigenvalue weighted by Crippen LogP contribution is 2.25. The molecule has 0 saturated carbocycles. The molecule has 2 aromatic heterocycles. The molecule has 0 aliphatic heterocycles. The number of H-pyrrole nitrogens is 1. The molecule has 0 aliphatic rings. The number of aryl methyl sites for hydroxylation is 1. The summed E-state index contributed by atoms with van der Waals surface area (Å²) in [5.74, 6) is 0.643. The minimum Gasteiger partial charge on any atom is -0.444 e. The van der Waals surface area contributed by atoms with E-state index in [1.165, 1.54) is 5.56 Å². The van der Waals surface area contributed by atoms with Crippen LogP contribution in [0.15, 0.2) is 41.1 Å². The predicted molar refractivity (Wildman–Crippen MR) is 91.3 cm³/mol. The van der Waals surface area contributed by atoms with Gasteiger partial charge in [0, 0.05) is 34.5 Å². The van der Waals surface area contributed by atoms with Gasteiger partial charge >= 0.3 is 0 Å². The Morgan fingerprint density at radius 2 is 2.09 bits per heavy atom. The van der Waals surface area contributed by atoms with Crippen LogP contribution in [-0.4, -0.2) is 15.2 Å². The molecule has 0 unspecified atom stereocenters. The van der Waals surface area contributed by atoms with Crippen LogP contribution >= 0.6 is 0 Å². The molecule has 3 aromatic rings. The van der Waals surface area contributed by atoms with Crippen molar-refractivity contribution in [3.63, 3.8) is 0 Å². The Balaban J connectivity index is 1.76. The van der Waals surface area contributed by atoms with Crippen molar-refractivity contribution in [1.82, 2.24) is 15.2 Å². The maximum atomic E-state index is 5.47. The molecular weight excluding hydrogens is 288 g/mol. The summed E-state index contributed by atoms with van der Waals surface area (Å²) in [6.07, 6.45) is 3.55. The predicted octanol–water partition coefficient (Wildman–Crippen LogP) is 4.28. The maximum Gasteiger partial charge on any atom is 0.226 e. The zero-order valence-electron chi connectivity index (χ0n) is 14.0. The van der Waals surface area contributed by atoms with Crippen LogP contribution in [-0.2, 0) is 12.0 Å². The topological polar surface area (TPSA) is 66.7 Å². The smallest absolute Gasteiger partial charge is 0.226 e. The van der Waals surface area contributed by atoms with Gasteiger partial charge in [0.25, 0.3) is 0 Å². The van der Waals surface area contributed by atoms with Crippen molar-refractivity contribution >= 4 is 5.69 Å². The van der Waals surface area contributed by atoms with Gasteiger partial charge in [0.2, 0.25) is 5.89 Å². The summed E-state index contributed by atoms with van der Waals surface area (Å²) in [7, 11) is 0. The van der Waals surface area contributed by atoms with E-state index < -0.39 is 0 Å². The number of hydrogen-bond acceptors (Lipinski definition) is 4. The quantitative estimate of drug-likeness (QED) is 0.754. The molecule has 5 nitrogen and oxygen atoms in total. The van der Waals surface area contributed by atoms with Crippen LogP contribution in [0.5, 0.6) is 0 Å².